The van der Waals surface area contributed by atoms with Crippen LogP contribution < -0.4 is 15.0 Å². The molecular formula is C28H32F3N5O2. The molecule has 202 valence electrons. The van der Waals surface area contributed by atoms with Crippen molar-refractivity contribution in [2.75, 3.05) is 44.0 Å². The Hall–Kier alpha value is -3.66. The first-order valence-corrected chi connectivity index (χ1v) is 12.5. The molecule has 2 aliphatic heterocycles. The van der Waals surface area contributed by atoms with E-state index in [9.17, 15) is 18.0 Å². The van der Waals surface area contributed by atoms with Crippen LogP contribution in [0.2, 0.25) is 0 Å². The molecule has 10 heteroatoms. The molecule has 2 heterocycles. The van der Waals surface area contributed by atoms with Crippen molar-refractivity contribution < 1.29 is 22.7 Å². The third kappa shape index (κ3) is 5.75. The van der Waals surface area contributed by atoms with Gasteiger partial charge in [-0.15, -0.1) is 0 Å². The number of likely N-dealkylation sites (tertiary alicyclic amines) is 1. The van der Waals surface area contributed by atoms with Crippen LogP contribution in [0, 0.1) is 11.6 Å². The Balaban J connectivity index is 1.63. The Bertz CT molecular complexity index is 1300. The normalized spacial score (nSPS) is 17.5. The van der Waals surface area contributed by atoms with Crippen LogP contribution in [0.4, 0.5) is 24.5 Å². The lowest BCUT2D eigenvalue weighted by Crippen LogP contribution is -2.43. The first-order valence-electron chi connectivity index (χ1n) is 12.5. The number of carbonyl (C=O) groups excluding carboxylic acids is 1. The van der Waals surface area contributed by atoms with Gasteiger partial charge in [-0.1, -0.05) is 12.6 Å². The lowest BCUT2D eigenvalue weighted by Gasteiger charge is -2.33. The van der Waals surface area contributed by atoms with Gasteiger partial charge in [-0.2, -0.15) is 0 Å². The summed E-state index contributed by atoms with van der Waals surface area (Å²) in [5.74, 6) is -2.35. The number of amides is 1. The van der Waals surface area contributed by atoms with Crippen molar-refractivity contribution in [1.82, 2.24) is 4.90 Å². The van der Waals surface area contributed by atoms with Crippen LogP contribution in [-0.2, 0) is 4.79 Å². The smallest absolute Gasteiger partial charge is 0.265 e. The highest BCUT2D eigenvalue weighted by atomic mass is 19.1. The van der Waals surface area contributed by atoms with E-state index in [0.29, 0.717) is 11.3 Å². The van der Waals surface area contributed by atoms with Gasteiger partial charge in [0.05, 0.1) is 5.69 Å². The van der Waals surface area contributed by atoms with Crippen LogP contribution in [-0.4, -0.2) is 62.3 Å². The number of rotatable bonds is 5. The molecule has 0 aromatic heterocycles. The van der Waals surface area contributed by atoms with Crippen LogP contribution in [0.25, 0.3) is 0 Å². The third-order valence-corrected chi connectivity index (χ3v) is 6.78. The molecule has 38 heavy (non-hydrogen) atoms. The van der Waals surface area contributed by atoms with Crippen LogP contribution in [0.5, 0.6) is 5.75 Å². The minimum absolute atomic E-state index is 0.0311. The van der Waals surface area contributed by atoms with Crippen molar-refractivity contribution in [2.45, 2.75) is 38.6 Å². The monoisotopic (exact) mass is 527 g/mol. The minimum atomic E-state index is -0.935. The summed E-state index contributed by atoms with van der Waals surface area (Å²) in [6.45, 7) is 8.45. The van der Waals surface area contributed by atoms with E-state index in [2.05, 4.69) is 33.8 Å². The number of halogens is 3. The lowest BCUT2D eigenvalue weighted by molar-refractivity contribution is -0.121. The highest BCUT2D eigenvalue weighted by Gasteiger charge is 2.31. The maximum Gasteiger partial charge on any atom is 0.265 e. The van der Waals surface area contributed by atoms with Gasteiger partial charge in [0.2, 0.25) is 5.96 Å². The van der Waals surface area contributed by atoms with E-state index in [1.54, 1.807) is 26.0 Å². The zero-order valence-electron chi connectivity index (χ0n) is 22.0. The van der Waals surface area contributed by atoms with Crippen molar-refractivity contribution >= 4 is 29.0 Å². The molecule has 4 rings (SSSR count). The number of hydrogen-bond donors (Lipinski definition) is 1. The number of anilines is 2. The summed E-state index contributed by atoms with van der Waals surface area (Å²) in [5.41, 5.74) is 0.981. The third-order valence-electron chi connectivity index (χ3n) is 6.78. The van der Waals surface area contributed by atoms with Gasteiger partial charge in [-0.3, -0.25) is 9.79 Å². The van der Waals surface area contributed by atoms with Gasteiger partial charge >= 0.3 is 0 Å². The highest BCUT2D eigenvalue weighted by Crippen LogP contribution is 2.37. The molecule has 0 spiro atoms. The largest absolute Gasteiger partial charge is 0.478 e. The molecule has 2 aromatic carbocycles. The minimum Gasteiger partial charge on any atom is -0.478 e. The first-order chi connectivity index (χ1) is 18.1. The summed E-state index contributed by atoms with van der Waals surface area (Å²) in [5, 5.41) is 2.90. The SMILES string of the molecule is C=C(F)C(=NC(=NC)Nc1ccc(C2CCN(C)CC2)c(F)c1)c1cc(F)c2c(c1)N(C(C)C)C(=O)CO2. The number of hydrogen-bond acceptors (Lipinski definition) is 4. The van der Waals surface area contributed by atoms with Gasteiger partial charge in [-0.25, -0.2) is 18.2 Å². The second kappa shape index (κ2) is 11.4. The summed E-state index contributed by atoms with van der Waals surface area (Å²) < 4.78 is 49.9. The van der Waals surface area contributed by atoms with E-state index in [0.717, 1.165) is 32.0 Å². The number of aliphatic imine (C=N–C) groups is 2. The number of fused-ring (bicyclic) bond motifs is 1. The summed E-state index contributed by atoms with van der Waals surface area (Å²) in [4.78, 5) is 24.3. The number of carbonyl (C=O) groups is 1. The van der Waals surface area contributed by atoms with Gasteiger partial charge in [0.1, 0.15) is 17.4 Å². The second-order valence-electron chi connectivity index (χ2n) is 9.80. The summed E-state index contributed by atoms with van der Waals surface area (Å²) in [6.07, 6.45) is 1.77. The van der Waals surface area contributed by atoms with E-state index in [1.807, 2.05) is 0 Å². The first kappa shape index (κ1) is 27.4. The number of piperidine rings is 1. The fourth-order valence-corrected chi connectivity index (χ4v) is 4.85. The van der Waals surface area contributed by atoms with Crippen LogP contribution >= 0.6 is 0 Å². The number of nitrogens with one attached hydrogen (secondary N) is 1. The average molecular weight is 528 g/mol. The standard InChI is InChI=1S/C28H32F3N5O2/c1-16(2)36-24-13-19(12-23(31)27(24)38-15-25(36)37)26(17(3)29)34-28(32-4)33-20-6-7-21(22(30)14-20)18-8-10-35(5)11-9-18/h6-7,12-14,16,18H,3,8-11,15H2,1-2,4-5H3,(H,32,33). The fraction of sp³-hybridized carbons (Fsp3) is 0.393. The molecule has 1 saturated heterocycles. The lowest BCUT2D eigenvalue weighted by atomic mass is 9.89. The van der Waals surface area contributed by atoms with Crippen molar-refractivity contribution in [3.63, 3.8) is 0 Å². The Labute approximate surface area is 220 Å². The van der Waals surface area contributed by atoms with Gasteiger partial charge in [0.15, 0.2) is 18.2 Å². The highest BCUT2D eigenvalue weighted by molar-refractivity contribution is 6.17. The molecule has 1 N–H and O–H groups in total. The molecule has 0 bridgehead atoms. The topological polar surface area (TPSA) is 69.5 Å². The van der Waals surface area contributed by atoms with Crippen LogP contribution in [0.1, 0.15) is 43.7 Å². The molecular weight excluding hydrogens is 495 g/mol. The van der Waals surface area contributed by atoms with Crippen molar-refractivity contribution in [1.29, 1.82) is 0 Å². The molecule has 1 amide bonds. The molecule has 0 radical (unpaired) electrons. The zero-order chi connectivity index (χ0) is 27.6. The van der Waals surface area contributed by atoms with Gasteiger partial charge in [0, 0.05) is 24.3 Å². The molecule has 0 atom stereocenters. The van der Waals surface area contributed by atoms with Gasteiger partial charge in [-0.05, 0) is 82.6 Å². The predicted molar refractivity (Wildman–Crippen MR) is 144 cm³/mol. The summed E-state index contributed by atoms with van der Waals surface area (Å²) in [6, 6.07) is 7.05. The average Bonchev–Trinajstić information content (AvgIpc) is 2.86. The van der Waals surface area contributed by atoms with E-state index >= 15 is 0 Å². The Kier molecular flexibility index (Phi) is 8.20. The molecule has 7 nitrogen and oxygen atoms in total. The molecule has 0 saturated carbocycles. The predicted octanol–water partition coefficient (Wildman–Crippen LogP) is 5.28. The number of guanidine groups is 1. The Morgan fingerprint density at radius 1 is 1.16 bits per heavy atom. The molecule has 2 aliphatic rings. The number of allylic oxidation sites excluding steroid dienone is 1. The summed E-state index contributed by atoms with van der Waals surface area (Å²) >= 11 is 0. The van der Waals surface area contributed by atoms with E-state index in [-0.39, 0.29) is 59.0 Å². The molecule has 0 unspecified atom stereocenters. The zero-order valence-corrected chi connectivity index (χ0v) is 22.0. The number of benzene rings is 2. The molecule has 2 aromatic rings. The maximum atomic E-state index is 15.0. The quantitative estimate of drug-likeness (QED) is 0.425. The molecule has 1 fully saturated rings. The van der Waals surface area contributed by atoms with Crippen molar-refractivity contribution in [3.05, 3.63) is 65.5 Å². The van der Waals surface area contributed by atoms with Gasteiger partial charge < -0.3 is 19.9 Å². The van der Waals surface area contributed by atoms with Crippen molar-refractivity contribution in [2.24, 2.45) is 9.98 Å². The summed E-state index contributed by atoms with van der Waals surface area (Å²) in [7, 11) is 3.49. The Morgan fingerprint density at radius 3 is 2.47 bits per heavy atom. The second-order valence-corrected chi connectivity index (χ2v) is 9.80. The van der Waals surface area contributed by atoms with Gasteiger partial charge in [0.25, 0.3) is 5.91 Å². The van der Waals surface area contributed by atoms with E-state index in [4.69, 9.17) is 4.74 Å². The fourth-order valence-electron chi connectivity index (χ4n) is 4.85. The van der Waals surface area contributed by atoms with Crippen LogP contribution in [0.3, 0.4) is 0 Å². The van der Waals surface area contributed by atoms with E-state index < -0.39 is 11.6 Å². The van der Waals surface area contributed by atoms with Crippen molar-refractivity contribution in [3.8, 4) is 5.75 Å². The number of ether oxygens (including phenoxy) is 1. The number of nitrogens with zero attached hydrogens (tertiary/aromatic N) is 4. The van der Waals surface area contributed by atoms with E-state index in [1.165, 1.54) is 24.1 Å². The maximum absolute atomic E-state index is 15.0. The van der Waals surface area contributed by atoms with Crippen LogP contribution in [0.15, 0.2) is 52.7 Å². The Morgan fingerprint density at radius 2 is 1.87 bits per heavy atom. The molecule has 0 aliphatic carbocycles.